The third-order valence-corrected chi connectivity index (χ3v) is 2.52. The van der Waals surface area contributed by atoms with Crippen LogP contribution in [0.15, 0.2) is 47.6 Å². The predicted molar refractivity (Wildman–Crippen MR) is 67.6 cm³/mol. The summed E-state index contributed by atoms with van der Waals surface area (Å²) >= 11 is 0. The molecule has 0 aromatic carbocycles. The van der Waals surface area contributed by atoms with Crippen molar-refractivity contribution in [1.29, 1.82) is 0 Å². The normalized spacial score (nSPS) is 25.6. The molecule has 1 rings (SSSR count). The summed E-state index contributed by atoms with van der Waals surface area (Å²) in [5.41, 5.74) is 9.67. The molecule has 0 fully saturated rings. The van der Waals surface area contributed by atoms with E-state index in [1.54, 1.807) is 0 Å². The quantitative estimate of drug-likeness (QED) is 0.698. The first-order valence-corrected chi connectivity index (χ1v) is 5.48. The molecular weight excluding hydrogens is 182 g/mol. The highest BCUT2D eigenvalue weighted by Crippen LogP contribution is 2.26. The van der Waals surface area contributed by atoms with E-state index in [1.165, 1.54) is 16.7 Å². The average Bonchev–Trinajstić information content (AvgIpc) is 2.24. The van der Waals surface area contributed by atoms with Gasteiger partial charge in [-0.15, -0.1) is 0 Å². The molecule has 1 atom stereocenters. The van der Waals surface area contributed by atoms with Crippen LogP contribution in [0.3, 0.4) is 0 Å². The van der Waals surface area contributed by atoms with Crippen LogP contribution in [0.2, 0.25) is 0 Å². The van der Waals surface area contributed by atoms with Crippen LogP contribution in [0.4, 0.5) is 0 Å². The smallest absolute Gasteiger partial charge is 0.0505 e. The van der Waals surface area contributed by atoms with E-state index in [9.17, 15) is 0 Å². The second-order valence-corrected chi connectivity index (χ2v) is 4.57. The maximum absolute atomic E-state index is 6.12. The highest BCUT2D eigenvalue weighted by atomic mass is 14.7. The van der Waals surface area contributed by atoms with E-state index >= 15 is 0 Å². The van der Waals surface area contributed by atoms with Crippen LogP contribution in [-0.2, 0) is 0 Å². The summed E-state index contributed by atoms with van der Waals surface area (Å²) in [6.45, 7) is 10.2. The van der Waals surface area contributed by atoms with Crippen LogP contribution in [0, 0.1) is 0 Å². The van der Waals surface area contributed by atoms with Crippen molar-refractivity contribution in [3.05, 3.63) is 47.6 Å². The van der Waals surface area contributed by atoms with Crippen LogP contribution in [0.1, 0.15) is 33.6 Å². The Morgan fingerprint density at radius 2 is 2.13 bits per heavy atom. The van der Waals surface area contributed by atoms with E-state index < -0.39 is 0 Å². The van der Waals surface area contributed by atoms with E-state index in [0.29, 0.717) is 0 Å². The van der Waals surface area contributed by atoms with Crippen molar-refractivity contribution in [3.63, 3.8) is 0 Å². The van der Waals surface area contributed by atoms with Crippen LogP contribution in [0.5, 0.6) is 0 Å². The molecule has 0 aliphatic heterocycles. The van der Waals surface area contributed by atoms with Gasteiger partial charge in [0.1, 0.15) is 0 Å². The summed E-state index contributed by atoms with van der Waals surface area (Å²) in [6, 6.07) is 0. The van der Waals surface area contributed by atoms with E-state index in [4.69, 9.17) is 5.73 Å². The standard InChI is InChI=1S/C14H21N/c1-5-12-10-14(4,15)8-6-7-13(12)9-11(2)3/h6-8,10H,2,5,9,15H2,1,3-4H3. The van der Waals surface area contributed by atoms with Crippen LogP contribution < -0.4 is 5.73 Å². The first kappa shape index (κ1) is 12.0. The number of hydrogen-bond donors (Lipinski definition) is 1. The fourth-order valence-corrected chi connectivity index (χ4v) is 1.82. The van der Waals surface area contributed by atoms with Crippen molar-refractivity contribution >= 4 is 0 Å². The van der Waals surface area contributed by atoms with Gasteiger partial charge >= 0.3 is 0 Å². The fourth-order valence-electron chi connectivity index (χ4n) is 1.82. The Kier molecular flexibility index (Phi) is 3.70. The van der Waals surface area contributed by atoms with Gasteiger partial charge in [-0.3, -0.25) is 0 Å². The van der Waals surface area contributed by atoms with Crippen molar-refractivity contribution in [2.75, 3.05) is 0 Å². The Morgan fingerprint density at radius 1 is 1.47 bits per heavy atom. The molecule has 15 heavy (non-hydrogen) atoms. The maximum atomic E-state index is 6.12. The van der Waals surface area contributed by atoms with Crippen LogP contribution in [0.25, 0.3) is 0 Å². The third-order valence-electron chi connectivity index (χ3n) is 2.52. The van der Waals surface area contributed by atoms with Gasteiger partial charge in [-0.1, -0.05) is 43.4 Å². The largest absolute Gasteiger partial charge is 0.319 e. The third kappa shape index (κ3) is 3.52. The Hall–Kier alpha value is -1.08. The maximum Gasteiger partial charge on any atom is 0.0505 e. The Morgan fingerprint density at radius 3 is 2.67 bits per heavy atom. The lowest BCUT2D eigenvalue weighted by atomic mass is 9.93. The first-order chi connectivity index (χ1) is 6.94. The van der Waals surface area contributed by atoms with Crippen molar-refractivity contribution in [1.82, 2.24) is 0 Å². The van der Waals surface area contributed by atoms with Gasteiger partial charge < -0.3 is 5.73 Å². The van der Waals surface area contributed by atoms with E-state index in [2.05, 4.69) is 38.7 Å². The van der Waals surface area contributed by atoms with Gasteiger partial charge in [0.2, 0.25) is 0 Å². The average molecular weight is 203 g/mol. The molecule has 0 aromatic rings. The predicted octanol–water partition coefficient (Wildman–Crippen LogP) is 3.50. The zero-order valence-corrected chi connectivity index (χ0v) is 10.0. The SMILES string of the molecule is C=C(C)CC1=CC=CC(C)(N)C=C1CC. The van der Waals surface area contributed by atoms with Crippen molar-refractivity contribution in [2.24, 2.45) is 5.73 Å². The Bertz CT molecular complexity index is 340. The molecule has 1 aliphatic rings. The molecule has 2 N–H and O–H groups in total. The molecule has 1 heteroatoms. The minimum Gasteiger partial charge on any atom is -0.319 e. The highest BCUT2D eigenvalue weighted by molar-refractivity contribution is 5.42. The lowest BCUT2D eigenvalue weighted by molar-refractivity contribution is 0.727. The van der Waals surface area contributed by atoms with E-state index in [1.807, 2.05) is 13.0 Å². The Balaban J connectivity index is 3.01. The lowest BCUT2D eigenvalue weighted by Crippen LogP contribution is -2.30. The van der Waals surface area contributed by atoms with Gasteiger partial charge in [0.05, 0.1) is 5.54 Å². The van der Waals surface area contributed by atoms with Gasteiger partial charge in [-0.25, -0.2) is 0 Å². The molecule has 0 amide bonds. The molecule has 0 heterocycles. The van der Waals surface area contributed by atoms with Crippen molar-refractivity contribution in [2.45, 2.75) is 39.2 Å². The minimum atomic E-state index is -0.321. The first-order valence-electron chi connectivity index (χ1n) is 5.48. The molecule has 1 aliphatic carbocycles. The molecule has 1 unspecified atom stereocenters. The molecule has 1 nitrogen and oxygen atoms in total. The second-order valence-electron chi connectivity index (χ2n) is 4.57. The van der Waals surface area contributed by atoms with Crippen molar-refractivity contribution in [3.8, 4) is 0 Å². The zero-order valence-electron chi connectivity index (χ0n) is 10.0. The fraction of sp³-hybridized carbons (Fsp3) is 0.429. The summed E-state index contributed by atoms with van der Waals surface area (Å²) < 4.78 is 0. The molecule has 0 radical (unpaired) electrons. The highest BCUT2D eigenvalue weighted by Gasteiger charge is 2.15. The summed E-state index contributed by atoms with van der Waals surface area (Å²) in [7, 11) is 0. The summed E-state index contributed by atoms with van der Waals surface area (Å²) in [5.74, 6) is 0. The van der Waals surface area contributed by atoms with Crippen molar-refractivity contribution < 1.29 is 0 Å². The Labute approximate surface area is 93.1 Å². The molecular formula is C14H21N. The van der Waals surface area contributed by atoms with Gasteiger partial charge in [0.25, 0.3) is 0 Å². The summed E-state index contributed by atoms with van der Waals surface area (Å²) in [4.78, 5) is 0. The molecule has 0 saturated carbocycles. The number of nitrogens with two attached hydrogens (primary N) is 1. The monoisotopic (exact) mass is 203 g/mol. The summed E-state index contributed by atoms with van der Waals surface area (Å²) in [6.07, 6.45) is 10.4. The number of hydrogen-bond acceptors (Lipinski definition) is 1. The zero-order chi connectivity index (χ0) is 11.5. The molecule has 0 aromatic heterocycles. The van der Waals surface area contributed by atoms with Crippen LogP contribution >= 0.6 is 0 Å². The van der Waals surface area contributed by atoms with Gasteiger partial charge in [-0.2, -0.15) is 0 Å². The minimum absolute atomic E-state index is 0.321. The van der Waals surface area contributed by atoms with Crippen LogP contribution in [-0.4, -0.2) is 5.54 Å². The topological polar surface area (TPSA) is 26.0 Å². The second kappa shape index (κ2) is 4.63. The number of allylic oxidation sites excluding steroid dienone is 5. The van der Waals surface area contributed by atoms with Gasteiger partial charge in [-0.05, 0) is 37.8 Å². The molecule has 0 bridgehead atoms. The lowest BCUT2D eigenvalue weighted by Gasteiger charge is -2.17. The summed E-state index contributed by atoms with van der Waals surface area (Å²) in [5, 5.41) is 0. The van der Waals surface area contributed by atoms with E-state index in [0.717, 1.165) is 12.8 Å². The van der Waals surface area contributed by atoms with Gasteiger partial charge in [0, 0.05) is 0 Å². The van der Waals surface area contributed by atoms with Gasteiger partial charge in [0.15, 0.2) is 0 Å². The molecule has 0 saturated heterocycles. The molecule has 0 spiro atoms. The van der Waals surface area contributed by atoms with E-state index in [-0.39, 0.29) is 5.54 Å². The number of rotatable bonds is 3. The molecule has 82 valence electrons.